The molecule has 0 aromatic heterocycles. The van der Waals surface area contributed by atoms with Crippen molar-refractivity contribution in [2.75, 3.05) is 12.3 Å². The van der Waals surface area contributed by atoms with Crippen LogP contribution in [0.4, 0.5) is 0 Å². The lowest BCUT2D eigenvalue weighted by molar-refractivity contribution is 0.397. The van der Waals surface area contributed by atoms with E-state index in [1.165, 1.54) is 24.2 Å². The third kappa shape index (κ3) is 6.69. The van der Waals surface area contributed by atoms with E-state index >= 15 is 0 Å². The van der Waals surface area contributed by atoms with E-state index in [-0.39, 0.29) is 0 Å². The molecule has 2 unspecified atom stereocenters. The SMILES string of the molecule is CCCNC(CSCc1ccc(Cl)cc1)C(C)CC. The second-order valence-electron chi connectivity index (χ2n) is 5.09. The monoisotopic (exact) mass is 299 g/mol. The van der Waals surface area contributed by atoms with Crippen molar-refractivity contribution in [2.24, 2.45) is 5.92 Å². The molecule has 3 heteroatoms. The maximum absolute atomic E-state index is 5.90. The van der Waals surface area contributed by atoms with Gasteiger partial charge >= 0.3 is 0 Å². The van der Waals surface area contributed by atoms with Gasteiger partial charge in [-0.1, -0.05) is 50.9 Å². The van der Waals surface area contributed by atoms with Gasteiger partial charge in [-0.2, -0.15) is 11.8 Å². The summed E-state index contributed by atoms with van der Waals surface area (Å²) < 4.78 is 0. The van der Waals surface area contributed by atoms with E-state index in [9.17, 15) is 0 Å². The molecule has 1 N–H and O–H groups in total. The Balaban J connectivity index is 2.36. The van der Waals surface area contributed by atoms with E-state index in [1.54, 1.807) is 0 Å². The van der Waals surface area contributed by atoms with Gasteiger partial charge in [0.25, 0.3) is 0 Å². The molecule has 0 aliphatic carbocycles. The predicted octanol–water partition coefficient (Wildman–Crippen LogP) is 4.99. The topological polar surface area (TPSA) is 12.0 Å². The van der Waals surface area contributed by atoms with Crippen LogP contribution in [0.1, 0.15) is 39.2 Å². The molecule has 0 aliphatic heterocycles. The third-order valence-electron chi connectivity index (χ3n) is 3.47. The van der Waals surface area contributed by atoms with Crippen molar-refractivity contribution in [2.45, 2.75) is 45.4 Å². The third-order valence-corrected chi connectivity index (χ3v) is 4.85. The van der Waals surface area contributed by atoms with E-state index in [4.69, 9.17) is 11.6 Å². The minimum atomic E-state index is 0.627. The predicted molar refractivity (Wildman–Crippen MR) is 89.2 cm³/mol. The van der Waals surface area contributed by atoms with Crippen LogP contribution in [0.2, 0.25) is 5.02 Å². The Morgan fingerprint density at radius 3 is 2.47 bits per heavy atom. The summed E-state index contributed by atoms with van der Waals surface area (Å²) in [6.07, 6.45) is 2.44. The number of halogens is 1. The highest BCUT2D eigenvalue weighted by atomic mass is 35.5. The fourth-order valence-electron chi connectivity index (χ4n) is 1.92. The summed E-state index contributed by atoms with van der Waals surface area (Å²) >= 11 is 7.91. The lowest BCUT2D eigenvalue weighted by Crippen LogP contribution is -2.37. The Kier molecular flexibility index (Phi) is 8.60. The fraction of sp³-hybridized carbons (Fsp3) is 0.625. The van der Waals surface area contributed by atoms with Crippen molar-refractivity contribution < 1.29 is 0 Å². The number of rotatable bonds is 9. The first-order chi connectivity index (χ1) is 9.17. The van der Waals surface area contributed by atoms with Crippen LogP contribution in [-0.4, -0.2) is 18.3 Å². The van der Waals surface area contributed by atoms with Gasteiger partial charge in [0, 0.05) is 22.6 Å². The first-order valence-electron chi connectivity index (χ1n) is 7.22. The van der Waals surface area contributed by atoms with Crippen LogP contribution in [-0.2, 0) is 5.75 Å². The van der Waals surface area contributed by atoms with Crippen LogP contribution in [0.3, 0.4) is 0 Å². The Morgan fingerprint density at radius 1 is 1.21 bits per heavy atom. The fourth-order valence-corrected chi connectivity index (χ4v) is 3.30. The van der Waals surface area contributed by atoms with Crippen molar-refractivity contribution in [3.05, 3.63) is 34.9 Å². The van der Waals surface area contributed by atoms with Crippen molar-refractivity contribution in [1.82, 2.24) is 5.32 Å². The number of nitrogens with one attached hydrogen (secondary N) is 1. The molecule has 0 radical (unpaired) electrons. The van der Waals surface area contributed by atoms with Crippen molar-refractivity contribution >= 4 is 23.4 Å². The van der Waals surface area contributed by atoms with Crippen LogP contribution in [0.25, 0.3) is 0 Å². The summed E-state index contributed by atoms with van der Waals surface area (Å²) in [7, 11) is 0. The molecule has 0 aliphatic rings. The summed E-state index contributed by atoms with van der Waals surface area (Å²) in [5.41, 5.74) is 1.35. The zero-order valence-electron chi connectivity index (χ0n) is 12.3. The van der Waals surface area contributed by atoms with E-state index in [2.05, 4.69) is 38.2 Å². The molecular formula is C16H26ClNS. The van der Waals surface area contributed by atoms with E-state index < -0.39 is 0 Å². The zero-order valence-corrected chi connectivity index (χ0v) is 13.9. The highest BCUT2D eigenvalue weighted by Gasteiger charge is 2.14. The number of hydrogen-bond donors (Lipinski definition) is 1. The molecule has 19 heavy (non-hydrogen) atoms. The molecule has 1 nitrogen and oxygen atoms in total. The highest BCUT2D eigenvalue weighted by Crippen LogP contribution is 2.19. The lowest BCUT2D eigenvalue weighted by atomic mass is 10.0. The molecule has 1 rings (SSSR count). The van der Waals surface area contributed by atoms with Crippen molar-refractivity contribution in [3.63, 3.8) is 0 Å². The number of thioether (sulfide) groups is 1. The molecule has 0 amide bonds. The van der Waals surface area contributed by atoms with Gasteiger partial charge in [0.15, 0.2) is 0 Å². The van der Waals surface area contributed by atoms with E-state index in [0.717, 1.165) is 23.2 Å². The van der Waals surface area contributed by atoms with Crippen LogP contribution >= 0.6 is 23.4 Å². The average molecular weight is 300 g/mol. The molecule has 2 atom stereocenters. The van der Waals surface area contributed by atoms with E-state index in [1.807, 2.05) is 23.9 Å². The molecule has 108 valence electrons. The molecule has 0 heterocycles. The Labute approximate surface area is 127 Å². The molecule has 0 saturated heterocycles. The maximum atomic E-state index is 5.90. The van der Waals surface area contributed by atoms with Crippen LogP contribution < -0.4 is 5.32 Å². The van der Waals surface area contributed by atoms with Gasteiger partial charge in [0.2, 0.25) is 0 Å². The maximum Gasteiger partial charge on any atom is 0.0406 e. The summed E-state index contributed by atoms with van der Waals surface area (Å²) in [6, 6.07) is 8.81. The van der Waals surface area contributed by atoms with Gasteiger partial charge in [-0.25, -0.2) is 0 Å². The van der Waals surface area contributed by atoms with Crippen LogP contribution in [0.5, 0.6) is 0 Å². The van der Waals surface area contributed by atoms with Gasteiger partial charge in [-0.15, -0.1) is 0 Å². The Bertz CT molecular complexity index is 339. The van der Waals surface area contributed by atoms with Crippen molar-refractivity contribution in [3.8, 4) is 0 Å². The molecule has 0 fully saturated rings. The summed E-state index contributed by atoms with van der Waals surface area (Å²) in [4.78, 5) is 0. The standard InChI is InChI=1S/C16H26ClNS/c1-4-10-18-16(13(3)5-2)12-19-11-14-6-8-15(17)9-7-14/h6-9,13,16,18H,4-5,10-12H2,1-3H3. The minimum Gasteiger partial charge on any atom is -0.313 e. The first-order valence-corrected chi connectivity index (χ1v) is 8.76. The van der Waals surface area contributed by atoms with Crippen LogP contribution in [0, 0.1) is 5.92 Å². The average Bonchev–Trinajstić information content (AvgIpc) is 2.43. The first kappa shape index (κ1) is 16.9. The van der Waals surface area contributed by atoms with Gasteiger partial charge in [-0.3, -0.25) is 0 Å². The van der Waals surface area contributed by atoms with Crippen molar-refractivity contribution in [1.29, 1.82) is 0 Å². The molecule has 0 spiro atoms. The smallest absolute Gasteiger partial charge is 0.0406 e. The Hall–Kier alpha value is -0.180. The normalized spacial score (nSPS) is 14.3. The number of benzene rings is 1. The van der Waals surface area contributed by atoms with Crippen LogP contribution in [0.15, 0.2) is 24.3 Å². The van der Waals surface area contributed by atoms with Gasteiger partial charge in [0.1, 0.15) is 0 Å². The summed E-state index contributed by atoms with van der Waals surface area (Å²) in [5.74, 6) is 2.99. The quantitative estimate of drug-likeness (QED) is 0.689. The summed E-state index contributed by atoms with van der Waals surface area (Å²) in [6.45, 7) is 7.96. The Morgan fingerprint density at radius 2 is 1.89 bits per heavy atom. The van der Waals surface area contributed by atoms with Gasteiger partial charge < -0.3 is 5.32 Å². The second-order valence-corrected chi connectivity index (χ2v) is 6.55. The molecule has 1 aromatic rings. The van der Waals surface area contributed by atoms with Gasteiger partial charge in [0.05, 0.1) is 0 Å². The summed E-state index contributed by atoms with van der Waals surface area (Å²) in [5, 5.41) is 4.49. The molecule has 1 aromatic carbocycles. The molecule has 0 bridgehead atoms. The largest absolute Gasteiger partial charge is 0.313 e. The minimum absolute atomic E-state index is 0.627. The lowest BCUT2D eigenvalue weighted by Gasteiger charge is -2.24. The number of hydrogen-bond acceptors (Lipinski definition) is 2. The second kappa shape index (κ2) is 9.68. The zero-order chi connectivity index (χ0) is 14.1. The van der Waals surface area contributed by atoms with E-state index in [0.29, 0.717) is 6.04 Å². The molecule has 0 saturated carbocycles. The molecular weight excluding hydrogens is 274 g/mol. The highest BCUT2D eigenvalue weighted by molar-refractivity contribution is 7.98. The van der Waals surface area contributed by atoms with Gasteiger partial charge in [-0.05, 0) is 36.6 Å².